The van der Waals surface area contributed by atoms with Gasteiger partial charge in [-0.25, -0.2) is 14.7 Å². The largest absolute Gasteiger partial charge is 0.482 e. The predicted molar refractivity (Wildman–Crippen MR) is 139 cm³/mol. The Labute approximate surface area is 221 Å². The first-order chi connectivity index (χ1) is 18.4. The summed E-state index contributed by atoms with van der Waals surface area (Å²) in [7, 11) is 0. The van der Waals surface area contributed by atoms with Gasteiger partial charge >= 0.3 is 0 Å². The first-order valence-electron chi connectivity index (χ1n) is 13.0. The molecule has 0 bridgehead atoms. The molecule has 3 aromatic heterocycles. The van der Waals surface area contributed by atoms with Crippen LogP contribution in [-0.4, -0.2) is 67.9 Å². The smallest absolute Gasteiger partial charge is 0.148 e. The molecule has 1 atom stereocenters. The van der Waals surface area contributed by atoms with Crippen molar-refractivity contribution in [2.75, 3.05) is 26.3 Å². The molecule has 0 aliphatic carbocycles. The fraction of sp³-hybridized carbons (Fsp3) is 0.538. The van der Waals surface area contributed by atoms with E-state index in [-0.39, 0.29) is 6.04 Å². The zero-order valence-electron chi connectivity index (χ0n) is 22.3. The van der Waals surface area contributed by atoms with Crippen molar-refractivity contribution in [3.63, 3.8) is 0 Å². The molecular formula is C26H34N10O2. The van der Waals surface area contributed by atoms with Gasteiger partial charge in [-0.15, -0.1) is 5.10 Å². The van der Waals surface area contributed by atoms with Crippen LogP contribution < -0.4 is 10.1 Å². The summed E-state index contributed by atoms with van der Waals surface area (Å²) < 4.78 is 15.1. The lowest BCUT2D eigenvalue weighted by atomic mass is 10.0. The standard InChI is InChI=1S/C26H34N10O2/c1-16(2)35-13-23(32-33-35)18(4)38-24-9-19(12-36-26(24)20(10-27)11-29-36)25(31-28)17(3)30-21-5-7-34(8-6-21)22-14-37-15-22/h9,11-13,16,18,21-22,28,30H,5-8,14-15H2,1-4H3/b25-17-,31-28?. The summed E-state index contributed by atoms with van der Waals surface area (Å²) in [4.78, 5) is 2.50. The second kappa shape index (κ2) is 10.9. The van der Waals surface area contributed by atoms with Gasteiger partial charge < -0.3 is 14.8 Å². The van der Waals surface area contributed by atoms with Crippen molar-refractivity contribution in [1.29, 1.82) is 10.8 Å². The van der Waals surface area contributed by atoms with Gasteiger partial charge in [0.2, 0.25) is 0 Å². The van der Waals surface area contributed by atoms with E-state index >= 15 is 0 Å². The molecule has 0 spiro atoms. The molecular weight excluding hydrogens is 484 g/mol. The van der Waals surface area contributed by atoms with Gasteiger partial charge in [0.15, 0.2) is 0 Å². The number of allylic oxidation sites excluding steroid dienone is 1. The molecule has 200 valence electrons. The molecule has 0 radical (unpaired) electrons. The van der Waals surface area contributed by atoms with Gasteiger partial charge in [0.05, 0.1) is 31.6 Å². The SMILES string of the molecule is C/C(NC1CCN(C2COC2)CC1)=C(/N=N)c1cc(OC(C)c2cn(C(C)C)nn2)c2c(C#N)cnn2c1. The van der Waals surface area contributed by atoms with Crippen LogP contribution in [0.5, 0.6) is 5.75 Å². The molecule has 38 heavy (non-hydrogen) atoms. The highest BCUT2D eigenvalue weighted by molar-refractivity contribution is 5.75. The molecule has 3 aromatic rings. The highest BCUT2D eigenvalue weighted by atomic mass is 16.5. The van der Waals surface area contributed by atoms with Gasteiger partial charge in [-0.3, -0.25) is 4.90 Å². The lowest BCUT2D eigenvalue weighted by Crippen LogP contribution is -2.53. The fourth-order valence-corrected chi connectivity index (χ4v) is 4.95. The second-order valence-corrected chi connectivity index (χ2v) is 10.3. The number of aromatic nitrogens is 5. The zero-order chi connectivity index (χ0) is 26.8. The minimum absolute atomic E-state index is 0.180. The first-order valence-corrected chi connectivity index (χ1v) is 13.0. The lowest BCUT2D eigenvalue weighted by molar-refractivity contribution is -0.0716. The average molecular weight is 519 g/mol. The summed E-state index contributed by atoms with van der Waals surface area (Å²) in [6, 6.07) is 5.05. The van der Waals surface area contributed by atoms with Crippen LogP contribution in [0.15, 0.2) is 35.5 Å². The van der Waals surface area contributed by atoms with Crippen LogP contribution in [0.1, 0.15) is 69.5 Å². The minimum Gasteiger partial charge on any atom is -0.482 e. The number of fused-ring (bicyclic) bond motifs is 1. The van der Waals surface area contributed by atoms with Crippen LogP contribution in [0.4, 0.5) is 0 Å². The normalized spacial score (nSPS) is 18.6. The molecule has 12 heteroatoms. The molecule has 2 aliphatic rings. The molecule has 5 heterocycles. The monoisotopic (exact) mass is 518 g/mol. The van der Waals surface area contributed by atoms with Crippen molar-refractivity contribution in [2.24, 2.45) is 5.11 Å². The van der Waals surface area contributed by atoms with Crippen molar-refractivity contribution in [3.8, 4) is 11.8 Å². The Morgan fingerprint density at radius 2 is 2.03 bits per heavy atom. The quantitative estimate of drug-likeness (QED) is 0.409. The maximum Gasteiger partial charge on any atom is 0.148 e. The number of ether oxygens (including phenoxy) is 2. The highest BCUT2D eigenvalue weighted by Crippen LogP contribution is 2.32. The molecule has 1 unspecified atom stereocenters. The Balaban J connectivity index is 1.41. The van der Waals surface area contributed by atoms with Crippen molar-refractivity contribution >= 4 is 11.2 Å². The molecule has 2 saturated heterocycles. The molecule has 0 amide bonds. The molecule has 2 N–H and O–H groups in total. The van der Waals surface area contributed by atoms with E-state index in [2.05, 4.69) is 36.8 Å². The summed E-state index contributed by atoms with van der Waals surface area (Å²) in [5.74, 6) is 0.466. The highest BCUT2D eigenvalue weighted by Gasteiger charge is 2.30. The van der Waals surface area contributed by atoms with Crippen molar-refractivity contribution in [1.82, 2.24) is 34.8 Å². The molecule has 2 fully saturated rings. The van der Waals surface area contributed by atoms with Gasteiger partial charge in [0.25, 0.3) is 0 Å². The molecule has 0 saturated carbocycles. The van der Waals surface area contributed by atoms with Crippen LogP contribution in [-0.2, 0) is 4.74 Å². The first kappa shape index (κ1) is 25.8. The third-order valence-corrected chi connectivity index (χ3v) is 7.30. The molecule has 2 aliphatic heterocycles. The third kappa shape index (κ3) is 5.12. The Kier molecular flexibility index (Phi) is 7.40. The number of rotatable bonds is 9. The van der Waals surface area contributed by atoms with Gasteiger partial charge in [0.1, 0.15) is 40.4 Å². The fourth-order valence-electron chi connectivity index (χ4n) is 4.95. The van der Waals surface area contributed by atoms with E-state index < -0.39 is 6.10 Å². The number of hydrogen-bond donors (Lipinski definition) is 2. The zero-order valence-corrected chi connectivity index (χ0v) is 22.3. The van der Waals surface area contributed by atoms with E-state index in [0.29, 0.717) is 45.9 Å². The van der Waals surface area contributed by atoms with Crippen LogP contribution >= 0.6 is 0 Å². The maximum atomic E-state index is 9.67. The van der Waals surface area contributed by atoms with Crippen molar-refractivity contribution < 1.29 is 9.47 Å². The molecule has 12 nitrogen and oxygen atoms in total. The Bertz CT molecular complexity index is 1370. The summed E-state index contributed by atoms with van der Waals surface area (Å²) in [6.07, 6.45) is 6.77. The van der Waals surface area contributed by atoms with E-state index in [0.717, 1.165) is 44.8 Å². The number of nitrogens with zero attached hydrogens (tertiary/aromatic N) is 8. The number of pyridine rings is 1. The summed E-state index contributed by atoms with van der Waals surface area (Å²) in [6.45, 7) is 11.6. The van der Waals surface area contributed by atoms with E-state index in [1.807, 2.05) is 40.0 Å². The third-order valence-electron chi connectivity index (χ3n) is 7.30. The van der Waals surface area contributed by atoms with Gasteiger partial charge in [-0.2, -0.15) is 15.5 Å². The minimum atomic E-state index is -0.422. The Morgan fingerprint density at radius 1 is 1.26 bits per heavy atom. The number of nitrogens with one attached hydrogen (secondary N) is 2. The Morgan fingerprint density at radius 3 is 2.63 bits per heavy atom. The van der Waals surface area contributed by atoms with Gasteiger partial charge in [0, 0.05) is 42.6 Å². The van der Waals surface area contributed by atoms with E-state index in [9.17, 15) is 5.26 Å². The van der Waals surface area contributed by atoms with Crippen LogP contribution in [0.3, 0.4) is 0 Å². The number of hydrogen-bond acceptors (Lipinski definition) is 10. The van der Waals surface area contributed by atoms with E-state index in [1.54, 1.807) is 15.4 Å². The summed E-state index contributed by atoms with van der Waals surface area (Å²) >= 11 is 0. The topological polar surface area (TPSA) is 142 Å². The molecule has 5 rings (SSSR count). The van der Waals surface area contributed by atoms with Gasteiger partial charge in [-0.1, -0.05) is 5.21 Å². The number of nitriles is 1. The Hall–Kier alpha value is -3.82. The van der Waals surface area contributed by atoms with Gasteiger partial charge in [-0.05, 0) is 46.6 Å². The van der Waals surface area contributed by atoms with E-state index in [4.69, 9.17) is 15.0 Å². The van der Waals surface area contributed by atoms with Crippen LogP contribution in [0.2, 0.25) is 0 Å². The maximum absolute atomic E-state index is 9.67. The van der Waals surface area contributed by atoms with Crippen LogP contribution in [0.25, 0.3) is 11.2 Å². The number of piperidine rings is 1. The number of likely N-dealkylation sites (tertiary alicyclic amines) is 1. The predicted octanol–water partition coefficient (Wildman–Crippen LogP) is 3.69. The average Bonchev–Trinajstić information content (AvgIpc) is 3.52. The van der Waals surface area contributed by atoms with Crippen molar-refractivity contribution in [2.45, 2.75) is 64.8 Å². The van der Waals surface area contributed by atoms with Crippen LogP contribution in [0, 0.1) is 16.9 Å². The summed E-state index contributed by atoms with van der Waals surface area (Å²) in [5, 5.41) is 29.9. The van der Waals surface area contributed by atoms with Crippen molar-refractivity contribution in [3.05, 3.63) is 47.2 Å². The second-order valence-electron chi connectivity index (χ2n) is 10.3. The van der Waals surface area contributed by atoms with E-state index in [1.165, 1.54) is 6.20 Å². The molecule has 0 aromatic carbocycles. The summed E-state index contributed by atoms with van der Waals surface area (Å²) in [5.41, 5.74) is 11.6. The lowest BCUT2D eigenvalue weighted by Gasteiger charge is -2.41.